The molecule has 1 atom stereocenters. The molecule has 0 aromatic carbocycles. The zero-order chi connectivity index (χ0) is 14.1. The van der Waals surface area contributed by atoms with Crippen molar-refractivity contribution in [2.75, 3.05) is 5.32 Å². The average Bonchev–Trinajstić information content (AvgIpc) is 3.03. The largest absolute Gasteiger partial charge is 0.360 e. The van der Waals surface area contributed by atoms with E-state index in [9.17, 15) is 4.79 Å². The number of nitrogens with one attached hydrogen (secondary N) is 1. The Balaban J connectivity index is 1.61. The van der Waals surface area contributed by atoms with E-state index in [1.54, 1.807) is 19.2 Å². The first kappa shape index (κ1) is 13.2. The monoisotopic (exact) mass is 292 g/mol. The molecule has 2 aromatic heterocycles. The molecule has 1 aliphatic rings. The molecule has 2 aromatic rings. The fourth-order valence-corrected chi connectivity index (χ4v) is 2.82. The van der Waals surface area contributed by atoms with Gasteiger partial charge in [0.1, 0.15) is 5.76 Å². The summed E-state index contributed by atoms with van der Waals surface area (Å²) in [6.07, 6.45) is 6.16. The van der Waals surface area contributed by atoms with Crippen LogP contribution >= 0.6 is 11.8 Å². The van der Waals surface area contributed by atoms with Crippen molar-refractivity contribution in [2.24, 2.45) is 0 Å². The minimum Gasteiger partial charge on any atom is -0.360 e. The first-order valence-corrected chi connectivity index (χ1v) is 7.45. The van der Waals surface area contributed by atoms with Gasteiger partial charge in [-0.15, -0.1) is 0 Å². The van der Waals surface area contributed by atoms with Crippen molar-refractivity contribution in [3.8, 4) is 0 Å². The van der Waals surface area contributed by atoms with Crippen molar-refractivity contribution < 1.29 is 9.32 Å². The molecule has 1 amide bonds. The van der Waals surface area contributed by atoms with Gasteiger partial charge in [0.05, 0.1) is 5.25 Å². The molecular weight excluding hydrogens is 276 g/mol. The summed E-state index contributed by atoms with van der Waals surface area (Å²) in [5.74, 6) is 1.02. The molecule has 7 heteroatoms. The molecule has 0 bridgehead atoms. The number of nitrogens with zero attached hydrogens (tertiary/aromatic N) is 3. The molecule has 0 aliphatic heterocycles. The number of carbonyl (C=O) groups is 1. The fraction of sp³-hybridized carbons (Fsp3) is 0.462. The van der Waals surface area contributed by atoms with E-state index in [0.29, 0.717) is 17.6 Å². The minimum absolute atomic E-state index is 0.103. The first-order valence-electron chi connectivity index (χ1n) is 6.57. The Hall–Kier alpha value is -1.76. The number of hydrogen-bond donors (Lipinski definition) is 1. The predicted molar refractivity (Wildman–Crippen MR) is 75.7 cm³/mol. The SMILES string of the molecule is Cc1cc(NC(=O)[C@@H](C)Sc2nccn2C2CC2)no1. The maximum absolute atomic E-state index is 12.1. The van der Waals surface area contributed by atoms with E-state index in [4.69, 9.17) is 4.52 Å². The van der Waals surface area contributed by atoms with E-state index in [-0.39, 0.29) is 11.2 Å². The number of thioether (sulfide) groups is 1. The second-order valence-electron chi connectivity index (χ2n) is 4.92. The standard InChI is InChI=1S/C13H16N4O2S/c1-8-7-11(16-19-8)15-12(18)9(2)20-13-14-5-6-17(13)10-3-4-10/h5-7,9-10H,3-4H2,1-2H3,(H,15,16,18)/t9-/m1/s1. The molecule has 2 heterocycles. The molecule has 1 saturated carbocycles. The third kappa shape index (κ3) is 2.87. The summed E-state index contributed by atoms with van der Waals surface area (Å²) < 4.78 is 7.07. The van der Waals surface area contributed by atoms with Crippen molar-refractivity contribution in [3.63, 3.8) is 0 Å². The second kappa shape index (κ2) is 5.32. The Kier molecular flexibility index (Phi) is 3.52. The molecule has 0 radical (unpaired) electrons. The van der Waals surface area contributed by atoms with Crippen LogP contribution < -0.4 is 5.32 Å². The summed E-state index contributed by atoms with van der Waals surface area (Å²) in [5.41, 5.74) is 0. The van der Waals surface area contributed by atoms with Crippen LogP contribution in [0.1, 0.15) is 31.6 Å². The van der Waals surface area contributed by atoms with E-state index in [2.05, 4.69) is 20.0 Å². The molecule has 1 fully saturated rings. The van der Waals surface area contributed by atoms with Crippen molar-refractivity contribution in [1.29, 1.82) is 0 Å². The highest BCUT2D eigenvalue weighted by molar-refractivity contribution is 8.00. The van der Waals surface area contributed by atoms with Gasteiger partial charge in [-0.25, -0.2) is 4.98 Å². The van der Waals surface area contributed by atoms with Crippen LogP contribution in [-0.2, 0) is 4.79 Å². The number of carbonyl (C=O) groups excluding carboxylic acids is 1. The van der Waals surface area contributed by atoms with Gasteiger partial charge < -0.3 is 14.4 Å². The van der Waals surface area contributed by atoms with Gasteiger partial charge in [0.15, 0.2) is 11.0 Å². The molecule has 1 N–H and O–H groups in total. The summed E-state index contributed by atoms with van der Waals surface area (Å²) in [5, 5.41) is 7.14. The highest BCUT2D eigenvalue weighted by atomic mass is 32.2. The van der Waals surface area contributed by atoms with Crippen LogP contribution in [-0.4, -0.2) is 25.9 Å². The topological polar surface area (TPSA) is 73.0 Å². The highest BCUT2D eigenvalue weighted by Crippen LogP contribution is 2.38. The number of hydrogen-bond acceptors (Lipinski definition) is 5. The molecule has 0 spiro atoms. The Morgan fingerprint density at radius 3 is 3.05 bits per heavy atom. The number of anilines is 1. The Bertz CT molecular complexity index is 617. The van der Waals surface area contributed by atoms with Gasteiger partial charge in [0.25, 0.3) is 0 Å². The van der Waals surface area contributed by atoms with Gasteiger partial charge in [-0.1, -0.05) is 16.9 Å². The summed E-state index contributed by atoms with van der Waals surface area (Å²) in [6, 6.07) is 2.26. The van der Waals surface area contributed by atoms with Crippen LogP contribution in [0.5, 0.6) is 0 Å². The molecule has 20 heavy (non-hydrogen) atoms. The lowest BCUT2D eigenvalue weighted by Gasteiger charge is -2.11. The summed E-state index contributed by atoms with van der Waals surface area (Å²) in [7, 11) is 0. The van der Waals surface area contributed by atoms with Crippen LogP contribution in [0.15, 0.2) is 28.1 Å². The smallest absolute Gasteiger partial charge is 0.238 e. The summed E-state index contributed by atoms with van der Waals surface area (Å²) >= 11 is 1.46. The molecule has 1 aliphatic carbocycles. The summed E-state index contributed by atoms with van der Waals surface area (Å²) in [4.78, 5) is 16.4. The Morgan fingerprint density at radius 2 is 2.40 bits per heavy atom. The number of amides is 1. The van der Waals surface area contributed by atoms with Crippen molar-refractivity contribution in [1.82, 2.24) is 14.7 Å². The minimum atomic E-state index is -0.244. The van der Waals surface area contributed by atoms with Crippen LogP contribution in [0.25, 0.3) is 0 Å². The van der Waals surface area contributed by atoms with Crippen LogP contribution in [0.2, 0.25) is 0 Å². The van der Waals surface area contributed by atoms with Crippen LogP contribution in [0.4, 0.5) is 5.82 Å². The number of imidazole rings is 1. The molecule has 106 valence electrons. The van der Waals surface area contributed by atoms with E-state index in [1.807, 2.05) is 13.1 Å². The normalized spacial score (nSPS) is 16.1. The van der Waals surface area contributed by atoms with Crippen LogP contribution in [0.3, 0.4) is 0 Å². The van der Waals surface area contributed by atoms with E-state index in [1.165, 1.54) is 24.6 Å². The van der Waals surface area contributed by atoms with Gasteiger partial charge in [0, 0.05) is 24.5 Å². The van der Waals surface area contributed by atoms with Gasteiger partial charge in [0.2, 0.25) is 5.91 Å². The number of aryl methyl sites for hydroxylation is 1. The third-order valence-corrected chi connectivity index (χ3v) is 4.20. The van der Waals surface area contributed by atoms with Crippen LogP contribution in [0, 0.1) is 6.92 Å². The highest BCUT2D eigenvalue weighted by Gasteiger charge is 2.27. The van der Waals surface area contributed by atoms with Crippen molar-refractivity contribution in [2.45, 2.75) is 43.1 Å². The summed E-state index contributed by atoms with van der Waals surface area (Å²) in [6.45, 7) is 3.64. The zero-order valence-corrected chi connectivity index (χ0v) is 12.2. The number of aromatic nitrogens is 3. The fourth-order valence-electron chi connectivity index (χ4n) is 1.89. The van der Waals surface area contributed by atoms with Gasteiger partial charge >= 0.3 is 0 Å². The van der Waals surface area contributed by atoms with Gasteiger partial charge in [-0.3, -0.25) is 4.79 Å². The maximum atomic E-state index is 12.1. The lowest BCUT2D eigenvalue weighted by atomic mass is 10.4. The first-order chi connectivity index (χ1) is 9.63. The quantitative estimate of drug-likeness (QED) is 0.858. The van der Waals surface area contributed by atoms with E-state index < -0.39 is 0 Å². The maximum Gasteiger partial charge on any atom is 0.238 e. The predicted octanol–water partition coefficient (Wildman–Crippen LogP) is 2.63. The molecular formula is C13H16N4O2S. The number of rotatable bonds is 5. The Morgan fingerprint density at radius 1 is 1.60 bits per heavy atom. The molecule has 3 rings (SSSR count). The lowest BCUT2D eigenvalue weighted by molar-refractivity contribution is -0.115. The third-order valence-electron chi connectivity index (χ3n) is 3.10. The van der Waals surface area contributed by atoms with Crippen molar-refractivity contribution >= 4 is 23.5 Å². The van der Waals surface area contributed by atoms with E-state index in [0.717, 1.165) is 5.16 Å². The van der Waals surface area contributed by atoms with Gasteiger partial charge in [-0.05, 0) is 26.7 Å². The second-order valence-corrected chi connectivity index (χ2v) is 6.23. The molecule has 6 nitrogen and oxygen atoms in total. The molecule has 0 unspecified atom stereocenters. The van der Waals surface area contributed by atoms with E-state index >= 15 is 0 Å². The Labute approximate surface area is 120 Å². The molecule has 0 saturated heterocycles. The lowest BCUT2D eigenvalue weighted by Crippen LogP contribution is -2.23. The average molecular weight is 292 g/mol. The zero-order valence-electron chi connectivity index (χ0n) is 11.4. The van der Waals surface area contributed by atoms with Gasteiger partial charge in [-0.2, -0.15) is 0 Å². The van der Waals surface area contributed by atoms with Crippen molar-refractivity contribution in [3.05, 3.63) is 24.2 Å².